The monoisotopic (exact) mass is 484 g/mol. The van der Waals surface area contributed by atoms with Gasteiger partial charge in [0.1, 0.15) is 6.61 Å². The number of methoxy groups -OCH3 is 1. The Morgan fingerprint density at radius 3 is 2.62 bits per heavy atom. The number of amidine groups is 1. The fourth-order valence-electron chi connectivity index (χ4n) is 2.94. The zero-order chi connectivity index (χ0) is 22.5. The standard InChI is InChI=1S/C24H18Cl2N2O3S/c1-30-21-11-16(7-10-20(21)31-14-15-5-3-2-4-6-15)12-22-23(29)28-24(32-22)27-19-13-17(25)8-9-18(19)26/h2-13H,14H2,1H3,(H,27,28,29)/b22-12+. The normalized spacial score (nSPS) is 15.8. The van der Waals surface area contributed by atoms with Crippen molar-refractivity contribution in [1.29, 1.82) is 0 Å². The van der Waals surface area contributed by atoms with E-state index < -0.39 is 0 Å². The number of carbonyl (C=O) groups excluding carboxylic acids is 1. The molecule has 8 heteroatoms. The number of nitrogens with zero attached hydrogens (tertiary/aromatic N) is 1. The second kappa shape index (κ2) is 10.1. The van der Waals surface area contributed by atoms with E-state index in [2.05, 4.69) is 10.3 Å². The van der Waals surface area contributed by atoms with Crippen molar-refractivity contribution in [3.63, 3.8) is 0 Å². The second-order valence-corrected chi connectivity index (χ2v) is 8.64. The molecule has 0 saturated carbocycles. The summed E-state index contributed by atoms with van der Waals surface area (Å²) in [6.07, 6.45) is 1.77. The van der Waals surface area contributed by atoms with Crippen LogP contribution in [0.1, 0.15) is 11.1 Å². The number of benzene rings is 3. The van der Waals surface area contributed by atoms with Crippen LogP contribution in [-0.2, 0) is 11.4 Å². The van der Waals surface area contributed by atoms with Crippen LogP contribution in [0.2, 0.25) is 10.0 Å². The number of rotatable bonds is 6. The van der Waals surface area contributed by atoms with Crippen LogP contribution in [0.15, 0.2) is 76.6 Å². The average molecular weight is 485 g/mol. The molecule has 0 spiro atoms. The van der Waals surface area contributed by atoms with E-state index in [-0.39, 0.29) is 5.91 Å². The van der Waals surface area contributed by atoms with Gasteiger partial charge >= 0.3 is 0 Å². The van der Waals surface area contributed by atoms with Crippen LogP contribution in [-0.4, -0.2) is 18.2 Å². The molecule has 4 rings (SSSR count). The molecule has 162 valence electrons. The van der Waals surface area contributed by atoms with Crippen LogP contribution < -0.4 is 14.8 Å². The molecule has 32 heavy (non-hydrogen) atoms. The molecule has 1 aliphatic rings. The van der Waals surface area contributed by atoms with E-state index in [0.29, 0.717) is 43.9 Å². The number of hydrogen-bond donors (Lipinski definition) is 1. The summed E-state index contributed by atoms with van der Waals surface area (Å²) in [5.74, 6) is 0.966. The topological polar surface area (TPSA) is 59.9 Å². The van der Waals surface area contributed by atoms with Crippen molar-refractivity contribution in [2.75, 3.05) is 7.11 Å². The summed E-state index contributed by atoms with van der Waals surface area (Å²) < 4.78 is 11.4. The minimum absolute atomic E-state index is 0.240. The van der Waals surface area contributed by atoms with Gasteiger partial charge in [0.2, 0.25) is 0 Å². The van der Waals surface area contributed by atoms with Crippen LogP contribution in [0, 0.1) is 0 Å². The molecule has 1 amide bonds. The molecule has 3 aromatic rings. The highest BCUT2D eigenvalue weighted by Gasteiger charge is 2.24. The predicted molar refractivity (Wildman–Crippen MR) is 131 cm³/mol. The Morgan fingerprint density at radius 2 is 1.84 bits per heavy atom. The number of carbonyl (C=O) groups is 1. The third-order valence-electron chi connectivity index (χ3n) is 4.50. The average Bonchev–Trinajstić information content (AvgIpc) is 3.14. The minimum Gasteiger partial charge on any atom is -0.493 e. The van der Waals surface area contributed by atoms with Gasteiger partial charge in [-0.25, -0.2) is 4.99 Å². The summed E-state index contributed by atoms with van der Waals surface area (Å²) in [5, 5.41) is 4.14. The van der Waals surface area contributed by atoms with Gasteiger partial charge in [0, 0.05) is 5.02 Å². The third-order valence-corrected chi connectivity index (χ3v) is 5.97. The van der Waals surface area contributed by atoms with E-state index in [1.54, 1.807) is 31.4 Å². The number of halogens is 2. The molecule has 1 saturated heterocycles. The first-order chi connectivity index (χ1) is 15.5. The van der Waals surface area contributed by atoms with Crippen LogP contribution in [0.4, 0.5) is 5.69 Å². The molecule has 0 aliphatic carbocycles. The second-order valence-electron chi connectivity index (χ2n) is 6.76. The van der Waals surface area contributed by atoms with Crippen molar-refractivity contribution in [3.8, 4) is 11.5 Å². The Labute approximate surface area is 200 Å². The number of hydrogen-bond acceptors (Lipinski definition) is 5. The lowest BCUT2D eigenvalue weighted by Gasteiger charge is -2.11. The van der Waals surface area contributed by atoms with E-state index >= 15 is 0 Å². The van der Waals surface area contributed by atoms with Crippen molar-refractivity contribution in [1.82, 2.24) is 5.32 Å². The van der Waals surface area contributed by atoms with E-state index in [1.165, 1.54) is 11.8 Å². The van der Waals surface area contributed by atoms with Gasteiger partial charge in [0.05, 0.1) is 22.7 Å². The summed E-state index contributed by atoms with van der Waals surface area (Å²) in [4.78, 5) is 17.3. The number of aliphatic imine (C=N–C) groups is 1. The van der Waals surface area contributed by atoms with Crippen molar-refractivity contribution >= 4 is 57.8 Å². The highest BCUT2D eigenvalue weighted by molar-refractivity contribution is 8.18. The molecule has 0 atom stereocenters. The summed E-state index contributed by atoms with van der Waals surface area (Å²) in [7, 11) is 1.58. The predicted octanol–water partition coefficient (Wildman–Crippen LogP) is 6.47. The van der Waals surface area contributed by atoms with E-state index in [1.807, 2.05) is 48.5 Å². The van der Waals surface area contributed by atoms with Crippen LogP contribution >= 0.6 is 35.0 Å². The summed E-state index contributed by atoms with van der Waals surface area (Å²) in [6.45, 7) is 0.432. The van der Waals surface area contributed by atoms with Gasteiger partial charge in [0.25, 0.3) is 5.91 Å². The van der Waals surface area contributed by atoms with Crippen molar-refractivity contribution in [2.45, 2.75) is 6.61 Å². The summed E-state index contributed by atoms with van der Waals surface area (Å²) in [6, 6.07) is 20.4. The number of ether oxygens (including phenoxy) is 2. The van der Waals surface area contributed by atoms with Gasteiger partial charge in [-0.3, -0.25) is 4.79 Å². The molecule has 1 aliphatic heterocycles. The zero-order valence-electron chi connectivity index (χ0n) is 17.0. The number of thioether (sulfide) groups is 1. The van der Waals surface area contributed by atoms with Crippen molar-refractivity contribution in [3.05, 3.63) is 92.8 Å². The molecule has 1 N–H and O–H groups in total. The lowest BCUT2D eigenvalue weighted by molar-refractivity contribution is -0.115. The molecule has 5 nitrogen and oxygen atoms in total. The first-order valence-corrected chi connectivity index (χ1v) is 11.2. The first kappa shape index (κ1) is 22.3. The molecule has 1 heterocycles. The lowest BCUT2D eigenvalue weighted by Crippen LogP contribution is -2.19. The summed E-state index contributed by atoms with van der Waals surface area (Å²) in [5.41, 5.74) is 2.35. The molecule has 0 aromatic heterocycles. The Hall–Kier alpha value is -2.93. The molecule has 0 radical (unpaired) electrons. The largest absolute Gasteiger partial charge is 0.493 e. The maximum atomic E-state index is 12.4. The van der Waals surface area contributed by atoms with Crippen molar-refractivity contribution in [2.24, 2.45) is 4.99 Å². The van der Waals surface area contributed by atoms with E-state index in [0.717, 1.165) is 11.1 Å². The molecule has 3 aromatic carbocycles. The van der Waals surface area contributed by atoms with Gasteiger partial charge in [0.15, 0.2) is 16.7 Å². The van der Waals surface area contributed by atoms with Gasteiger partial charge in [-0.2, -0.15) is 0 Å². The molecular weight excluding hydrogens is 467 g/mol. The Bertz CT molecular complexity index is 1210. The molecule has 1 fully saturated rings. The smallest absolute Gasteiger partial charge is 0.264 e. The Balaban J connectivity index is 1.51. The number of amides is 1. The van der Waals surface area contributed by atoms with Crippen LogP contribution in [0.25, 0.3) is 6.08 Å². The molecular formula is C24H18Cl2N2O3S. The van der Waals surface area contributed by atoms with Gasteiger partial charge in [-0.05, 0) is 59.3 Å². The van der Waals surface area contributed by atoms with Crippen molar-refractivity contribution < 1.29 is 14.3 Å². The molecule has 0 unspecified atom stereocenters. The highest BCUT2D eigenvalue weighted by atomic mass is 35.5. The fourth-order valence-corrected chi connectivity index (χ4v) is 4.10. The maximum Gasteiger partial charge on any atom is 0.264 e. The SMILES string of the molecule is COc1cc(/C=C2/SC(=Nc3cc(Cl)ccc3Cl)NC2=O)ccc1OCc1ccccc1. The van der Waals surface area contributed by atoms with Gasteiger partial charge in [-0.1, -0.05) is 59.6 Å². The van der Waals surface area contributed by atoms with Crippen LogP contribution in [0.5, 0.6) is 11.5 Å². The third kappa shape index (κ3) is 5.46. The van der Waals surface area contributed by atoms with Gasteiger partial charge in [-0.15, -0.1) is 0 Å². The van der Waals surface area contributed by atoms with E-state index in [4.69, 9.17) is 32.7 Å². The maximum absolute atomic E-state index is 12.4. The van der Waals surface area contributed by atoms with E-state index in [9.17, 15) is 4.79 Å². The highest BCUT2D eigenvalue weighted by Crippen LogP contribution is 2.34. The van der Waals surface area contributed by atoms with Crippen LogP contribution in [0.3, 0.4) is 0 Å². The minimum atomic E-state index is -0.240. The Morgan fingerprint density at radius 1 is 1.03 bits per heavy atom. The first-order valence-electron chi connectivity index (χ1n) is 9.61. The Kier molecular flexibility index (Phi) is 7.05. The quantitative estimate of drug-likeness (QED) is 0.407. The fraction of sp³-hybridized carbons (Fsp3) is 0.0833. The molecule has 0 bridgehead atoms. The van der Waals surface area contributed by atoms with Gasteiger partial charge < -0.3 is 14.8 Å². The summed E-state index contributed by atoms with van der Waals surface area (Å²) >= 11 is 13.4. The zero-order valence-corrected chi connectivity index (χ0v) is 19.3. The number of nitrogens with one attached hydrogen (secondary N) is 1. The lowest BCUT2D eigenvalue weighted by atomic mass is 10.2.